The number of rotatable bonds is 7. The molecule has 7 nitrogen and oxygen atoms in total. The Morgan fingerprint density at radius 1 is 1.10 bits per heavy atom. The van der Waals surface area contributed by atoms with Crippen LogP contribution in [-0.2, 0) is 21.2 Å². The fourth-order valence-electron chi connectivity index (χ4n) is 2.89. The van der Waals surface area contributed by atoms with Crippen LogP contribution in [0.5, 0.6) is 0 Å². The Hall–Kier alpha value is -3.39. The van der Waals surface area contributed by atoms with E-state index in [-0.39, 0.29) is 10.8 Å². The van der Waals surface area contributed by atoms with Gasteiger partial charge in [-0.25, -0.2) is 8.42 Å². The van der Waals surface area contributed by atoms with Gasteiger partial charge in [0.2, 0.25) is 5.91 Å². The van der Waals surface area contributed by atoms with Gasteiger partial charge in [0.15, 0.2) is 5.76 Å². The summed E-state index contributed by atoms with van der Waals surface area (Å²) in [4.78, 5) is 11.5. The summed E-state index contributed by atoms with van der Waals surface area (Å²) < 4.78 is 33.3. The molecule has 0 unspecified atom stereocenters. The first-order valence-electron chi connectivity index (χ1n) is 9.43. The number of aromatic nitrogens is 1. The second-order valence-corrected chi connectivity index (χ2v) is 8.39. The third kappa shape index (κ3) is 4.96. The Kier molecular flexibility index (Phi) is 6.37. The number of para-hydroxylation sites is 1. The van der Waals surface area contributed by atoms with Crippen molar-refractivity contribution in [3.05, 3.63) is 71.1 Å². The van der Waals surface area contributed by atoms with Crippen molar-refractivity contribution in [1.82, 2.24) is 5.16 Å². The lowest BCUT2D eigenvalue weighted by Gasteiger charge is -2.11. The van der Waals surface area contributed by atoms with Gasteiger partial charge >= 0.3 is 0 Å². The molecular formula is C22H23N3O4S. The standard InChI is InChI=1S/C22H23N3O4S/c1-4-18-7-5-6-8-20(18)25-30(27,28)19-12-9-17(10-13-19)11-14-21-22(23-16(3)26)15(2)24-29-21/h5-14,25H,4H2,1-3H3,(H,23,26)/b14-11-. The molecule has 0 aliphatic carbocycles. The van der Waals surface area contributed by atoms with Crippen LogP contribution in [0.25, 0.3) is 12.2 Å². The van der Waals surface area contributed by atoms with Crippen LogP contribution < -0.4 is 10.0 Å². The number of benzene rings is 2. The van der Waals surface area contributed by atoms with E-state index in [4.69, 9.17) is 4.52 Å². The number of sulfonamides is 1. The minimum absolute atomic E-state index is 0.167. The van der Waals surface area contributed by atoms with Crippen molar-refractivity contribution in [1.29, 1.82) is 0 Å². The molecule has 0 saturated heterocycles. The predicted molar refractivity (Wildman–Crippen MR) is 118 cm³/mol. The predicted octanol–water partition coefficient (Wildman–Crippen LogP) is 4.48. The minimum atomic E-state index is -3.70. The van der Waals surface area contributed by atoms with Gasteiger partial charge in [-0.1, -0.05) is 48.5 Å². The van der Waals surface area contributed by atoms with Gasteiger partial charge in [-0.15, -0.1) is 0 Å². The first-order valence-corrected chi connectivity index (χ1v) is 10.9. The highest BCUT2D eigenvalue weighted by molar-refractivity contribution is 7.92. The number of hydrogen-bond acceptors (Lipinski definition) is 5. The maximum absolute atomic E-state index is 12.7. The number of carbonyl (C=O) groups excluding carboxylic acids is 1. The van der Waals surface area contributed by atoms with E-state index in [1.165, 1.54) is 19.1 Å². The average Bonchev–Trinajstić information content (AvgIpc) is 3.06. The van der Waals surface area contributed by atoms with Crippen LogP contribution in [0.1, 0.15) is 36.4 Å². The zero-order valence-corrected chi connectivity index (χ0v) is 17.8. The highest BCUT2D eigenvalue weighted by Gasteiger charge is 2.15. The monoisotopic (exact) mass is 425 g/mol. The Labute approximate surface area is 175 Å². The summed E-state index contributed by atoms with van der Waals surface area (Å²) >= 11 is 0. The molecule has 0 aliphatic rings. The third-order valence-corrected chi connectivity index (χ3v) is 5.83. The Balaban J connectivity index is 1.78. The van der Waals surface area contributed by atoms with E-state index >= 15 is 0 Å². The van der Waals surface area contributed by atoms with Crippen molar-refractivity contribution in [3.8, 4) is 0 Å². The van der Waals surface area contributed by atoms with E-state index in [1.54, 1.807) is 43.3 Å². The van der Waals surface area contributed by atoms with E-state index in [0.717, 1.165) is 17.5 Å². The fraction of sp³-hybridized carbons (Fsp3) is 0.182. The van der Waals surface area contributed by atoms with Crippen LogP contribution in [0.4, 0.5) is 11.4 Å². The van der Waals surface area contributed by atoms with E-state index in [0.29, 0.717) is 22.8 Å². The highest BCUT2D eigenvalue weighted by atomic mass is 32.2. The summed E-state index contributed by atoms with van der Waals surface area (Å²) in [6, 6.07) is 13.8. The SMILES string of the molecule is CCc1ccccc1NS(=O)(=O)c1ccc(/C=C\c2onc(C)c2NC(C)=O)cc1. The van der Waals surface area contributed by atoms with Crippen LogP contribution in [0.2, 0.25) is 0 Å². The van der Waals surface area contributed by atoms with Gasteiger partial charge in [-0.2, -0.15) is 0 Å². The Morgan fingerprint density at radius 3 is 2.47 bits per heavy atom. The lowest BCUT2D eigenvalue weighted by Crippen LogP contribution is -2.14. The molecule has 0 atom stereocenters. The molecule has 8 heteroatoms. The maximum Gasteiger partial charge on any atom is 0.261 e. The maximum atomic E-state index is 12.7. The number of amides is 1. The van der Waals surface area contributed by atoms with Crippen molar-refractivity contribution in [3.63, 3.8) is 0 Å². The number of anilines is 2. The highest BCUT2D eigenvalue weighted by Crippen LogP contribution is 2.24. The van der Waals surface area contributed by atoms with E-state index < -0.39 is 10.0 Å². The first kappa shape index (κ1) is 21.3. The first-order chi connectivity index (χ1) is 14.3. The zero-order valence-electron chi connectivity index (χ0n) is 17.0. The molecule has 0 saturated carbocycles. The molecule has 0 fully saturated rings. The molecule has 0 bridgehead atoms. The lowest BCUT2D eigenvalue weighted by atomic mass is 10.1. The van der Waals surface area contributed by atoms with Gasteiger partial charge < -0.3 is 9.84 Å². The van der Waals surface area contributed by atoms with Crippen LogP contribution in [0.15, 0.2) is 57.9 Å². The smallest absolute Gasteiger partial charge is 0.261 e. The molecule has 0 aliphatic heterocycles. The molecule has 2 N–H and O–H groups in total. The lowest BCUT2D eigenvalue weighted by molar-refractivity contribution is -0.114. The van der Waals surface area contributed by atoms with Crippen molar-refractivity contribution >= 4 is 39.5 Å². The molecule has 0 radical (unpaired) electrons. The number of aryl methyl sites for hydroxylation is 2. The summed E-state index contributed by atoms with van der Waals surface area (Å²) in [7, 11) is -3.70. The third-order valence-electron chi connectivity index (χ3n) is 4.45. The number of hydrogen-bond donors (Lipinski definition) is 2. The van der Waals surface area contributed by atoms with E-state index in [2.05, 4.69) is 15.2 Å². The van der Waals surface area contributed by atoms with Crippen molar-refractivity contribution in [2.45, 2.75) is 32.1 Å². The fourth-order valence-corrected chi connectivity index (χ4v) is 3.99. The molecule has 1 aromatic heterocycles. The quantitative estimate of drug-likeness (QED) is 0.581. The molecule has 30 heavy (non-hydrogen) atoms. The summed E-state index contributed by atoms with van der Waals surface area (Å²) in [6.45, 7) is 5.11. The van der Waals surface area contributed by atoms with Gasteiger partial charge in [-0.05, 0) is 48.7 Å². The zero-order chi connectivity index (χ0) is 21.7. The van der Waals surface area contributed by atoms with Crippen LogP contribution in [-0.4, -0.2) is 19.5 Å². The molecule has 156 valence electrons. The van der Waals surface area contributed by atoms with E-state index in [9.17, 15) is 13.2 Å². The molecule has 1 heterocycles. The summed E-state index contributed by atoms with van der Waals surface area (Å²) in [6.07, 6.45) is 4.15. The van der Waals surface area contributed by atoms with Gasteiger partial charge in [0.1, 0.15) is 11.4 Å². The van der Waals surface area contributed by atoms with Crippen LogP contribution in [0, 0.1) is 6.92 Å². The largest absolute Gasteiger partial charge is 0.354 e. The van der Waals surface area contributed by atoms with Gasteiger partial charge in [0.05, 0.1) is 10.6 Å². The van der Waals surface area contributed by atoms with Crippen molar-refractivity contribution in [2.75, 3.05) is 10.0 Å². The van der Waals surface area contributed by atoms with E-state index in [1.807, 2.05) is 19.1 Å². The van der Waals surface area contributed by atoms with Gasteiger partial charge in [0.25, 0.3) is 10.0 Å². The second-order valence-electron chi connectivity index (χ2n) is 6.71. The molecule has 0 spiro atoms. The topological polar surface area (TPSA) is 101 Å². The Bertz CT molecular complexity index is 1180. The summed E-state index contributed by atoms with van der Waals surface area (Å²) in [5.41, 5.74) is 3.36. The number of carbonyl (C=O) groups is 1. The number of nitrogens with zero attached hydrogens (tertiary/aromatic N) is 1. The van der Waals surface area contributed by atoms with Crippen molar-refractivity contribution < 1.29 is 17.7 Å². The van der Waals surface area contributed by atoms with Gasteiger partial charge in [-0.3, -0.25) is 9.52 Å². The molecule has 3 rings (SSSR count). The Morgan fingerprint density at radius 2 is 1.80 bits per heavy atom. The molecule has 1 amide bonds. The second kappa shape index (κ2) is 8.96. The molecular weight excluding hydrogens is 402 g/mol. The molecule has 3 aromatic rings. The van der Waals surface area contributed by atoms with Gasteiger partial charge in [0, 0.05) is 6.92 Å². The average molecular weight is 426 g/mol. The normalized spacial score (nSPS) is 11.6. The van der Waals surface area contributed by atoms with Crippen LogP contribution in [0.3, 0.4) is 0 Å². The summed E-state index contributed by atoms with van der Waals surface area (Å²) in [5, 5.41) is 6.54. The molecule has 2 aromatic carbocycles. The minimum Gasteiger partial charge on any atom is -0.354 e. The van der Waals surface area contributed by atoms with Crippen molar-refractivity contribution in [2.24, 2.45) is 0 Å². The summed E-state index contributed by atoms with van der Waals surface area (Å²) in [5.74, 6) is 0.194. The number of nitrogens with one attached hydrogen (secondary N) is 2. The van der Waals surface area contributed by atoms with Crippen LogP contribution >= 0.6 is 0 Å².